The zero-order valence-corrected chi connectivity index (χ0v) is 21.6. The van der Waals surface area contributed by atoms with E-state index in [0.717, 1.165) is 75.0 Å². The minimum Gasteiger partial charge on any atom is -0.379 e. The largest absolute Gasteiger partial charge is 0.379 e. The summed E-state index contributed by atoms with van der Waals surface area (Å²) in [6.07, 6.45) is 1.05. The fraction of sp³-hybridized carbons (Fsp3) is 0.571. The van der Waals surface area contributed by atoms with E-state index < -0.39 is 0 Å². The van der Waals surface area contributed by atoms with Gasteiger partial charge in [0.2, 0.25) is 0 Å². The molecule has 0 radical (unpaired) electrons. The van der Waals surface area contributed by atoms with Gasteiger partial charge in [-0.3, -0.25) is 4.90 Å². The minimum atomic E-state index is 0. The van der Waals surface area contributed by atoms with Gasteiger partial charge in [-0.05, 0) is 37.6 Å². The standard InChI is InChI=1S/C21H32ClN7O.HI/c1-17-25-26-20(28(17)3)15-24-21(23-9-4-10-29-11-13-30-14-12-29)27(2)16-18-5-7-19(22)8-6-18;/h5-8H,4,9-16H2,1-3H3,(H,23,24);1H. The molecular weight excluding hydrogens is 529 g/mol. The molecule has 172 valence electrons. The normalized spacial score (nSPS) is 14.9. The van der Waals surface area contributed by atoms with E-state index in [1.807, 2.05) is 49.9 Å². The van der Waals surface area contributed by atoms with E-state index >= 15 is 0 Å². The number of ether oxygens (including phenoxy) is 1. The molecule has 1 N–H and O–H groups in total. The lowest BCUT2D eigenvalue weighted by atomic mass is 10.2. The summed E-state index contributed by atoms with van der Waals surface area (Å²) in [5.74, 6) is 2.59. The van der Waals surface area contributed by atoms with Gasteiger partial charge in [0, 0.05) is 45.3 Å². The van der Waals surface area contributed by atoms with Crippen LogP contribution < -0.4 is 5.32 Å². The number of benzene rings is 1. The van der Waals surface area contributed by atoms with Crippen molar-refractivity contribution in [2.45, 2.75) is 26.4 Å². The SMILES string of the molecule is Cc1nnc(CN=C(NCCCN2CCOCC2)N(C)Cc2ccc(Cl)cc2)n1C.I. The Morgan fingerprint density at radius 2 is 1.94 bits per heavy atom. The van der Waals surface area contributed by atoms with Crippen molar-refractivity contribution < 1.29 is 4.74 Å². The number of guanidine groups is 1. The summed E-state index contributed by atoms with van der Waals surface area (Å²) in [5, 5.41) is 12.6. The van der Waals surface area contributed by atoms with Crippen LogP contribution in [0.5, 0.6) is 0 Å². The van der Waals surface area contributed by atoms with Crippen LogP contribution in [0, 0.1) is 6.92 Å². The van der Waals surface area contributed by atoms with E-state index in [0.29, 0.717) is 6.54 Å². The summed E-state index contributed by atoms with van der Waals surface area (Å²) < 4.78 is 7.39. The number of aliphatic imine (C=N–C) groups is 1. The molecule has 1 aliphatic rings. The second-order valence-electron chi connectivity index (χ2n) is 7.58. The molecule has 2 heterocycles. The summed E-state index contributed by atoms with van der Waals surface area (Å²) in [7, 11) is 4.01. The summed E-state index contributed by atoms with van der Waals surface area (Å²) in [6, 6.07) is 7.92. The molecule has 1 aromatic carbocycles. The molecule has 0 atom stereocenters. The molecule has 0 bridgehead atoms. The van der Waals surface area contributed by atoms with Crippen molar-refractivity contribution in [1.82, 2.24) is 29.9 Å². The molecule has 0 aliphatic carbocycles. The number of hydrogen-bond acceptors (Lipinski definition) is 5. The van der Waals surface area contributed by atoms with Gasteiger partial charge in [0.1, 0.15) is 12.4 Å². The fourth-order valence-corrected chi connectivity index (χ4v) is 3.44. The third kappa shape index (κ3) is 8.21. The second kappa shape index (κ2) is 13.2. The smallest absolute Gasteiger partial charge is 0.194 e. The summed E-state index contributed by atoms with van der Waals surface area (Å²) in [6.45, 7) is 8.79. The van der Waals surface area contributed by atoms with Crippen LogP contribution in [0.15, 0.2) is 29.3 Å². The third-order valence-corrected chi connectivity index (χ3v) is 5.54. The lowest BCUT2D eigenvalue weighted by molar-refractivity contribution is 0.0375. The monoisotopic (exact) mass is 561 g/mol. The van der Waals surface area contributed by atoms with Crippen molar-refractivity contribution in [1.29, 1.82) is 0 Å². The zero-order chi connectivity index (χ0) is 21.3. The molecular formula is C21H33ClIN7O. The van der Waals surface area contributed by atoms with Gasteiger partial charge in [-0.25, -0.2) is 4.99 Å². The fourth-order valence-electron chi connectivity index (χ4n) is 3.31. The summed E-state index contributed by atoms with van der Waals surface area (Å²) in [5.41, 5.74) is 1.18. The topological polar surface area (TPSA) is 70.8 Å². The second-order valence-corrected chi connectivity index (χ2v) is 8.02. The van der Waals surface area contributed by atoms with E-state index in [4.69, 9.17) is 21.3 Å². The van der Waals surface area contributed by atoms with Gasteiger partial charge in [-0.15, -0.1) is 34.2 Å². The van der Waals surface area contributed by atoms with Gasteiger partial charge < -0.3 is 19.5 Å². The van der Waals surface area contributed by atoms with Gasteiger partial charge in [-0.2, -0.15) is 0 Å². The van der Waals surface area contributed by atoms with Gasteiger partial charge in [0.25, 0.3) is 0 Å². The molecule has 0 amide bonds. The van der Waals surface area contributed by atoms with Crippen molar-refractivity contribution >= 4 is 41.5 Å². The van der Waals surface area contributed by atoms with E-state index in [9.17, 15) is 0 Å². The van der Waals surface area contributed by atoms with Crippen molar-refractivity contribution in [3.63, 3.8) is 0 Å². The molecule has 1 aliphatic heterocycles. The molecule has 1 aromatic heterocycles. The lowest BCUT2D eigenvalue weighted by Crippen LogP contribution is -2.41. The highest BCUT2D eigenvalue weighted by Gasteiger charge is 2.12. The van der Waals surface area contributed by atoms with Gasteiger partial charge in [0.05, 0.1) is 13.2 Å². The first kappa shape index (κ1) is 25.8. The molecule has 0 unspecified atom stereocenters. The number of aromatic nitrogens is 3. The Morgan fingerprint density at radius 3 is 2.58 bits per heavy atom. The Morgan fingerprint density at radius 1 is 1.23 bits per heavy atom. The first-order valence-electron chi connectivity index (χ1n) is 10.4. The van der Waals surface area contributed by atoms with E-state index in [-0.39, 0.29) is 24.0 Å². The highest BCUT2D eigenvalue weighted by molar-refractivity contribution is 14.0. The van der Waals surface area contributed by atoms with Crippen LogP contribution in [-0.2, 0) is 24.9 Å². The number of nitrogens with one attached hydrogen (secondary N) is 1. The van der Waals surface area contributed by atoms with Crippen molar-refractivity contribution in [3.05, 3.63) is 46.5 Å². The average Bonchev–Trinajstić information content (AvgIpc) is 3.07. The van der Waals surface area contributed by atoms with Crippen molar-refractivity contribution in [2.75, 3.05) is 46.4 Å². The first-order valence-corrected chi connectivity index (χ1v) is 10.8. The molecule has 1 fully saturated rings. The van der Waals surface area contributed by atoms with Gasteiger partial charge >= 0.3 is 0 Å². The summed E-state index contributed by atoms with van der Waals surface area (Å²) >= 11 is 6.02. The number of rotatable bonds is 8. The van der Waals surface area contributed by atoms with E-state index in [1.54, 1.807) is 0 Å². The Kier molecular flexibility index (Phi) is 11.0. The average molecular weight is 562 g/mol. The zero-order valence-electron chi connectivity index (χ0n) is 18.6. The summed E-state index contributed by atoms with van der Waals surface area (Å²) in [4.78, 5) is 9.39. The van der Waals surface area contributed by atoms with E-state index in [1.165, 1.54) is 5.56 Å². The number of morpholine rings is 1. The molecule has 0 spiro atoms. The molecule has 0 saturated carbocycles. The Bertz CT molecular complexity index is 822. The molecule has 8 nitrogen and oxygen atoms in total. The number of halogens is 2. The van der Waals surface area contributed by atoms with Crippen LogP contribution in [0.2, 0.25) is 5.02 Å². The quantitative estimate of drug-likeness (QED) is 0.231. The lowest BCUT2D eigenvalue weighted by Gasteiger charge is -2.27. The predicted octanol–water partition coefficient (Wildman–Crippen LogP) is 2.69. The predicted molar refractivity (Wildman–Crippen MR) is 135 cm³/mol. The first-order chi connectivity index (χ1) is 14.5. The van der Waals surface area contributed by atoms with Crippen LogP contribution in [0.4, 0.5) is 0 Å². The van der Waals surface area contributed by atoms with Crippen molar-refractivity contribution in [3.8, 4) is 0 Å². The van der Waals surface area contributed by atoms with Crippen LogP contribution >= 0.6 is 35.6 Å². The molecule has 31 heavy (non-hydrogen) atoms. The molecule has 2 aromatic rings. The third-order valence-electron chi connectivity index (χ3n) is 5.29. The van der Waals surface area contributed by atoms with Crippen LogP contribution in [0.3, 0.4) is 0 Å². The Hall–Kier alpha value is -1.43. The van der Waals surface area contributed by atoms with Gasteiger partial charge in [0.15, 0.2) is 11.8 Å². The van der Waals surface area contributed by atoms with E-state index in [2.05, 4.69) is 25.3 Å². The Labute approximate surface area is 207 Å². The van der Waals surface area contributed by atoms with Crippen molar-refractivity contribution in [2.24, 2.45) is 12.0 Å². The van der Waals surface area contributed by atoms with Crippen LogP contribution in [0.1, 0.15) is 23.6 Å². The number of aryl methyl sites for hydroxylation is 1. The van der Waals surface area contributed by atoms with Gasteiger partial charge in [-0.1, -0.05) is 23.7 Å². The maximum Gasteiger partial charge on any atom is 0.194 e. The highest BCUT2D eigenvalue weighted by atomic mass is 127. The maximum absolute atomic E-state index is 6.02. The minimum absolute atomic E-state index is 0. The highest BCUT2D eigenvalue weighted by Crippen LogP contribution is 2.11. The maximum atomic E-state index is 6.02. The molecule has 10 heteroatoms. The number of nitrogens with zero attached hydrogens (tertiary/aromatic N) is 6. The molecule has 1 saturated heterocycles. The number of hydrogen-bond donors (Lipinski definition) is 1. The van der Waals surface area contributed by atoms with Crippen LogP contribution in [0.25, 0.3) is 0 Å². The Balaban J connectivity index is 0.00000341. The molecule has 3 rings (SSSR count). The van der Waals surface area contributed by atoms with Crippen LogP contribution in [-0.4, -0.2) is 77.0 Å².